The van der Waals surface area contributed by atoms with E-state index in [0.717, 1.165) is 43.3 Å². The van der Waals surface area contributed by atoms with Gasteiger partial charge in [0, 0.05) is 5.56 Å². The molecule has 2 unspecified atom stereocenters. The summed E-state index contributed by atoms with van der Waals surface area (Å²) in [5.41, 5.74) is 10.7. The summed E-state index contributed by atoms with van der Waals surface area (Å²) in [5.74, 6) is 4.91. The van der Waals surface area contributed by atoms with Crippen LogP contribution in [0, 0.1) is 11.8 Å². The lowest BCUT2D eigenvalue weighted by atomic mass is 9.82. The van der Waals surface area contributed by atoms with Crippen molar-refractivity contribution < 1.29 is 0 Å². The van der Waals surface area contributed by atoms with E-state index in [0.29, 0.717) is 35.8 Å². The lowest BCUT2D eigenvalue weighted by Crippen LogP contribution is -2.14. The van der Waals surface area contributed by atoms with E-state index in [1.807, 2.05) is 6.20 Å². The zero-order chi connectivity index (χ0) is 26.1. The molecule has 2 saturated heterocycles. The second kappa shape index (κ2) is 9.17. The maximum Gasteiger partial charge on any atom is 0.123 e. The van der Waals surface area contributed by atoms with Gasteiger partial charge in [0.1, 0.15) is 11.6 Å². The van der Waals surface area contributed by atoms with Crippen molar-refractivity contribution in [2.75, 3.05) is 13.1 Å². The normalized spacial score (nSPS) is 29.4. The molecule has 6 heteroatoms. The van der Waals surface area contributed by atoms with Crippen LogP contribution in [-0.2, 0) is 0 Å². The Morgan fingerprint density at radius 3 is 1.77 bits per heavy atom. The molecule has 6 nitrogen and oxygen atoms in total. The summed E-state index contributed by atoms with van der Waals surface area (Å²) >= 11 is 0. The van der Waals surface area contributed by atoms with Crippen LogP contribution in [-0.4, -0.2) is 33.0 Å². The minimum atomic E-state index is 0.341. The first-order valence-electron chi connectivity index (χ1n) is 14.9. The Bertz CT molecular complexity index is 1510. The smallest absolute Gasteiger partial charge is 0.123 e. The Hall–Kier alpha value is -3.22. The van der Waals surface area contributed by atoms with E-state index >= 15 is 0 Å². The molecule has 2 aromatic carbocycles. The number of nitrogens with one attached hydrogen (secondary N) is 4. The van der Waals surface area contributed by atoms with Crippen LogP contribution in [0.25, 0.3) is 33.6 Å². The molecule has 0 amide bonds. The highest BCUT2D eigenvalue weighted by Crippen LogP contribution is 2.58. The Morgan fingerprint density at radius 1 is 0.615 bits per heavy atom. The molecule has 0 spiro atoms. The van der Waals surface area contributed by atoms with Crippen molar-refractivity contribution in [1.82, 2.24) is 30.6 Å². The largest absolute Gasteiger partial charge is 0.341 e. The second-order valence-corrected chi connectivity index (χ2v) is 12.7. The minimum Gasteiger partial charge on any atom is -0.341 e. The van der Waals surface area contributed by atoms with E-state index in [4.69, 9.17) is 9.97 Å². The molecule has 2 aliphatic heterocycles. The molecule has 3 fully saturated rings. The second-order valence-electron chi connectivity index (χ2n) is 12.7. The van der Waals surface area contributed by atoms with Gasteiger partial charge in [-0.2, -0.15) is 0 Å². The van der Waals surface area contributed by atoms with Gasteiger partial charge in [0.25, 0.3) is 0 Å². The molecule has 39 heavy (non-hydrogen) atoms. The predicted octanol–water partition coefficient (Wildman–Crippen LogP) is 6.84. The maximum absolute atomic E-state index is 4.82. The highest BCUT2D eigenvalue weighted by molar-refractivity contribution is 5.80. The number of nitrogens with zero attached hydrogens (tertiary/aromatic N) is 2. The first kappa shape index (κ1) is 23.6. The number of imidazole rings is 2. The van der Waals surface area contributed by atoms with Gasteiger partial charge in [0.15, 0.2) is 0 Å². The summed E-state index contributed by atoms with van der Waals surface area (Å²) in [6.45, 7) is 6.75. The summed E-state index contributed by atoms with van der Waals surface area (Å²) < 4.78 is 0. The van der Waals surface area contributed by atoms with Gasteiger partial charge in [0.2, 0.25) is 0 Å². The van der Waals surface area contributed by atoms with Crippen molar-refractivity contribution in [3.8, 4) is 33.6 Å². The summed E-state index contributed by atoms with van der Waals surface area (Å²) in [7, 11) is 0. The van der Waals surface area contributed by atoms with Crippen LogP contribution < -0.4 is 10.6 Å². The van der Waals surface area contributed by atoms with Crippen molar-refractivity contribution in [2.24, 2.45) is 11.8 Å². The summed E-state index contributed by atoms with van der Waals surface area (Å²) in [6, 6.07) is 14.5. The summed E-state index contributed by atoms with van der Waals surface area (Å²) in [5, 5.41) is 7.21. The molecule has 4 aromatic rings. The van der Waals surface area contributed by atoms with Gasteiger partial charge in [-0.05, 0) is 96.7 Å². The quantitative estimate of drug-likeness (QED) is 0.233. The number of aromatic amines is 2. The zero-order valence-electron chi connectivity index (χ0n) is 22.9. The van der Waals surface area contributed by atoms with E-state index in [-0.39, 0.29) is 0 Å². The van der Waals surface area contributed by atoms with Crippen molar-refractivity contribution in [2.45, 2.75) is 69.9 Å². The lowest BCUT2D eigenvalue weighted by molar-refractivity contribution is 0.588. The highest BCUT2D eigenvalue weighted by Gasteiger charge is 2.40. The van der Waals surface area contributed by atoms with Crippen LogP contribution in [0.1, 0.15) is 92.6 Å². The SMILES string of the molecule is C[C@@H]1CN[C@H](c2ncc(-c3ccc(-c4ccc(-c5cnc([C@@H]6C[C@H](C)CN6)[nH]5)c5c4C4CCC5C4)cc3)[nH]2)C1. The molecule has 4 aliphatic rings. The molecule has 1 saturated carbocycles. The third kappa shape index (κ3) is 3.99. The topological polar surface area (TPSA) is 81.4 Å². The van der Waals surface area contributed by atoms with E-state index in [9.17, 15) is 0 Å². The third-order valence-corrected chi connectivity index (χ3v) is 9.89. The van der Waals surface area contributed by atoms with E-state index in [1.54, 1.807) is 11.1 Å². The predicted molar refractivity (Wildman–Crippen MR) is 155 cm³/mol. The average Bonchev–Trinajstić information content (AvgIpc) is 3.79. The monoisotopic (exact) mass is 518 g/mol. The molecular formula is C33H38N6. The van der Waals surface area contributed by atoms with Crippen LogP contribution in [0.3, 0.4) is 0 Å². The highest BCUT2D eigenvalue weighted by atomic mass is 15.1. The molecule has 6 atom stereocenters. The number of hydrogen-bond donors (Lipinski definition) is 4. The zero-order valence-corrected chi connectivity index (χ0v) is 22.9. The molecule has 0 radical (unpaired) electrons. The fourth-order valence-electron chi connectivity index (χ4n) is 7.89. The Labute approximate surface area is 230 Å². The van der Waals surface area contributed by atoms with Gasteiger partial charge < -0.3 is 20.6 Å². The van der Waals surface area contributed by atoms with Gasteiger partial charge in [-0.25, -0.2) is 9.97 Å². The average molecular weight is 519 g/mol. The van der Waals surface area contributed by atoms with Gasteiger partial charge >= 0.3 is 0 Å². The molecule has 4 heterocycles. The van der Waals surface area contributed by atoms with Crippen molar-refractivity contribution in [3.05, 3.63) is 71.6 Å². The van der Waals surface area contributed by atoms with Crippen molar-refractivity contribution >= 4 is 0 Å². The van der Waals surface area contributed by atoms with Crippen LogP contribution in [0.5, 0.6) is 0 Å². The minimum absolute atomic E-state index is 0.341. The number of benzene rings is 2. The number of H-pyrrole nitrogens is 2. The molecule has 200 valence electrons. The molecular weight excluding hydrogens is 480 g/mol. The number of fused-ring (bicyclic) bond motifs is 5. The maximum atomic E-state index is 4.82. The van der Waals surface area contributed by atoms with Crippen LogP contribution in [0.2, 0.25) is 0 Å². The molecule has 8 rings (SSSR count). The van der Waals surface area contributed by atoms with Crippen LogP contribution >= 0.6 is 0 Å². The summed E-state index contributed by atoms with van der Waals surface area (Å²) in [4.78, 5) is 16.8. The van der Waals surface area contributed by atoms with Gasteiger partial charge in [0.05, 0.1) is 35.9 Å². The Kier molecular flexibility index (Phi) is 5.56. The lowest BCUT2D eigenvalue weighted by Gasteiger charge is -2.22. The van der Waals surface area contributed by atoms with E-state index in [1.165, 1.54) is 47.2 Å². The van der Waals surface area contributed by atoms with E-state index < -0.39 is 0 Å². The first-order valence-corrected chi connectivity index (χ1v) is 14.9. The number of rotatable bonds is 5. The number of aromatic nitrogens is 4. The van der Waals surface area contributed by atoms with Crippen LogP contribution in [0.4, 0.5) is 0 Å². The van der Waals surface area contributed by atoms with Crippen molar-refractivity contribution in [1.29, 1.82) is 0 Å². The fraction of sp³-hybridized carbons (Fsp3) is 0.455. The molecule has 2 bridgehead atoms. The van der Waals surface area contributed by atoms with Gasteiger partial charge in [-0.15, -0.1) is 0 Å². The summed E-state index contributed by atoms with van der Waals surface area (Å²) in [6.07, 6.45) is 10.3. The molecule has 2 aliphatic carbocycles. The standard InChI is InChI=1S/C33H38N6/c1-18-11-26(34-14-18)32-36-16-28(38-32)21-5-3-20(4-6-21)24-9-10-25(31-23-8-7-22(13-23)30(24)31)29-17-37-33(39-29)27-12-19(2)15-35-27/h3-6,9-10,16-19,22-23,26-27,34-35H,7-8,11-15H2,1-2H3,(H,36,38)(H,37,39)/t18-,19-,22?,23?,26-,27-/m0/s1. The number of hydrogen-bond acceptors (Lipinski definition) is 4. The molecule has 2 aromatic heterocycles. The fourth-order valence-corrected chi connectivity index (χ4v) is 7.89. The van der Waals surface area contributed by atoms with Gasteiger partial charge in [-0.1, -0.05) is 50.2 Å². The van der Waals surface area contributed by atoms with Crippen LogP contribution in [0.15, 0.2) is 48.8 Å². The third-order valence-electron chi connectivity index (χ3n) is 9.89. The Balaban J connectivity index is 1.10. The first-order chi connectivity index (χ1) is 19.1. The molecule has 4 N–H and O–H groups in total. The van der Waals surface area contributed by atoms with E-state index in [2.05, 4.69) is 77.0 Å². The Morgan fingerprint density at radius 2 is 1.15 bits per heavy atom. The van der Waals surface area contributed by atoms with Gasteiger partial charge in [-0.3, -0.25) is 0 Å². The van der Waals surface area contributed by atoms with Crippen molar-refractivity contribution in [3.63, 3.8) is 0 Å².